The summed E-state index contributed by atoms with van der Waals surface area (Å²) in [5, 5.41) is 0. The molecule has 2 aromatic rings. The van der Waals surface area contributed by atoms with E-state index in [1.807, 2.05) is 23.9 Å². The van der Waals surface area contributed by atoms with Gasteiger partial charge in [0, 0.05) is 21.1 Å². The standard InChI is InChI=1S/C34H49NOS/c1-5-8-26-11-15-28(16-12-26)29-17-13-27(14-18-29)23-36-32-9-7-10-33(25(32)4)37-34(24(3)6-2)30-19-21-31(35)22-20-30/h7,9-10,19-22,26-29H,5-6,8,11-18,23,35H2,1-4H3/b34-24-. The van der Waals surface area contributed by atoms with E-state index in [9.17, 15) is 0 Å². The Kier molecular flexibility index (Phi) is 10.5. The second-order valence-corrected chi connectivity index (χ2v) is 12.8. The first-order valence-electron chi connectivity index (χ1n) is 14.9. The Bertz CT molecular complexity index is 1010. The normalized spacial score (nSPS) is 25.0. The number of thioether (sulfide) groups is 1. The number of benzene rings is 2. The Morgan fingerprint density at radius 2 is 1.49 bits per heavy atom. The van der Waals surface area contributed by atoms with E-state index in [2.05, 4.69) is 58.0 Å². The van der Waals surface area contributed by atoms with Gasteiger partial charge >= 0.3 is 0 Å². The summed E-state index contributed by atoms with van der Waals surface area (Å²) in [7, 11) is 0. The molecule has 2 nitrogen and oxygen atoms in total. The van der Waals surface area contributed by atoms with Gasteiger partial charge in [-0.05, 0) is 112 Å². The fraction of sp³-hybridized carbons (Fsp3) is 0.588. The smallest absolute Gasteiger partial charge is 0.123 e. The van der Waals surface area contributed by atoms with Crippen LogP contribution in [0.2, 0.25) is 0 Å². The zero-order chi connectivity index (χ0) is 26.2. The largest absolute Gasteiger partial charge is 0.493 e. The van der Waals surface area contributed by atoms with Crippen molar-refractivity contribution < 1.29 is 4.74 Å². The fourth-order valence-electron chi connectivity index (χ4n) is 6.55. The van der Waals surface area contributed by atoms with Crippen LogP contribution in [0.3, 0.4) is 0 Å². The van der Waals surface area contributed by atoms with Crippen LogP contribution in [0.25, 0.3) is 4.91 Å². The van der Waals surface area contributed by atoms with Gasteiger partial charge in [0.2, 0.25) is 0 Å². The van der Waals surface area contributed by atoms with Gasteiger partial charge in [-0.25, -0.2) is 0 Å². The van der Waals surface area contributed by atoms with Gasteiger partial charge in [0.15, 0.2) is 0 Å². The number of hydrogen-bond acceptors (Lipinski definition) is 3. The lowest BCUT2D eigenvalue weighted by Crippen LogP contribution is -2.27. The molecule has 0 aromatic heterocycles. The highest BCUT2D eigenvalue weighted by Crippen LogP contribution is 2.43. The van der Waals surface area contributed by atoms with Crippen molar-refractivity contribution in [2.75, 3.05) is 12.3 Å². The number of allylic oxidation sites excluding steroid dienone is 1. The lowest BCUT2D eigenvalue weighted by atomic mass is 9.69. The molecule has 0 saturated heterocycles. The molecule has 0 bridgehead atoms. The van der Waals surface area contributed by atoms with Crippen LogP contribution in [0.15, 0.2) is 52.9 Å². The molecule has 0 radical (unpaired) electrons. The topological polar surface area (TPSA) is 35.2 Å². The van der Waals surface area contributed by atoms with Crippen LogP contribution in [-0.4, -0.2) is 6.61 Å². The quantitative estimate of drug-likeness (QED) is 0.250. The van der Waals surface area contributed by atoms with Crippen LogP contribution < -0.4 is 10.5 Å². The molecule has 202 valence electrons. The third kappa shape index (κ3) is 7.59. The number of nitrogen functional groups attached to an aromatic ring is 1. The van der Waals surface area contributed by atoms with Crippen LogP contribution in [0.5, 0.6) is 5.75 Å². The third-order valence-corrected chi connectivity index (χ3v) is 10.6. The number of hydrogen-bond donors (Lipinski definition) is 1. The van der Waals surface area contributed by atoms with Crippen LogP contribution in [0.4, 0.5) is 5.69 Å². The molecule has 2 aliphatic carbocycles. The monoisotopic (exact) mass is 519 g/mol. The zero-order valence-electron chi connectivity index (χ0n) is 23.7. The van der Waals surface area contributed by atoms with Crippen molar-refractivity contribution in [1.29, 1.82) is 0 Å². The molecule has 0 aliphatic heterocycles. The fourth-order valence-corrected chi connectivity index (χ4v) is 7.74. The second kappa shape index (κ2) is 13.8. The SMILES string of the molecule is CCCC1CCC(C2CCC(COc3cccc(S/C(=C(/C)CC)c4ccc(N)cc4)c3C)CC2)CC1. The molecule has 0 atom stereocenters. The second-order valence-electron chi connectivity index (χ2n) is 11.7. The van der Waals surface area contributed by atoms with Crippen molar-refractivity contribution in [3.63, 3.8) is 0 Å². The van der Waals surface area contributed by atoms with E-state index >= 15 is 0 Å². The van der Waals surface area contributed by atoms with Crippen LogP contribution in [-0.2, 0) is 0 Å². The van der Waals surface area contributed by atoms with Crippen molar-refractivity contribution in [2.24, 2.45) is 23.7 Å². The summed E-state index contributed by atoms with van der Waals surface area (Å²) >= 11 is 1.86. The minimum atomic E-state index is 0.705. The molecule has 3 heteroatoms. The Morgan fingerprint density at radius 1 is 0.865 bits per heavy atom. The first-order valence-corrected chi connectivity index (χ1v) is 15.8. The average Bonchev–Trinajstić information content (AvgIpc) is 2.93. The highest BCUT2D eigenvalue weighted by molar-refractivity contribution is 8.08. The third-order valence-electron chi connectivity index (χ3n) is 9.16. The van der Waals surface area contributed by atoms with E-state index in [0.717, 1.165) is 42.2 Å². The van der Waals surface area contributed by atoms with Crippen molar-refractivity contribution in [3.8, 4) is 5.75 Å². The van der Waals surface area contributed by atoms with E-state index in [-0.39, 0.29) is 0 Å². The Balaban J connectivity index is 1.31. The summed E-state index contributed by atoms with van der Waals surface area (Å²) in [4.78, 5) is 2.60. The lowest BCUT2D eigenvalue weighted by Gasteiger charge is -2.37. The molecular formula is C34H49NOS. The summed E-state index contributed by atoms with van der Waals surface area (Å²) in [6, 6.07) is 14.8. The molecule has 0 heterocycles. The van der Waals surface area contributed by atoms with Crippen LogP contribution >= 0.6 is 11.8 Å². The Hall–Kier alpha value is -1.87. The minimum Gasteiger partial charge on any atom is -0.493 e. The van der Waals surface area contributed by atoms with E-state index in [1.54, 1.807) is 0 Å². The molecule has 2 fully saturated rings. The average molecular weight is 520 g/mol. The van der Waals surface area contributed by atoms with E-state index < -0.39 is 0 Å². The molecule has 2 aliphatic rings. The van der Waals surface area contributed by atoms with E-state index in [0.29, 0.717) is 5.92 Å². The molecule has 4 rings (SSSR count). The number of anilines is 1. The molecule has 37 heavy (non-hydrogen) atoms. The molecular weight excluding hydrogens is 470 g/mol. The van der Waals surface area contributed by atoms with Gasteiger partial charge in [0.1, 0.15) is 5.75 Å². The van der Waals surface area contributed by atoms with E-state index in [1.165, 1.54) is 90.7 Å². The number of rotatable bonds is 10. The zero-order valence-corrected chi connectivity index (χ0v) is 24.5. The first-order chi connectivity index (χ1) is 18.0. The van der Waals surface area contributed by atoms with Crippen molar-refractivity contribution >= 4 is 22.4 Å². The van der Waals surface area contributed by atoms with Gasteiger partial charge in [-0.2, -0.15) is 0 Å². The summed E-state index contributed by atoms with van der Waals surface area (Å²) in [6.45, 7) is 9.88. The van der Waals surface area contributed by atoms with Crippen LogP contribution in [0, 0.1) is 30.6 Å². The maximum absolute atomic E-state index is 6.48. The van der Waals surface area contributed by atoms with Gasteiger partial charge in [-0.3, -0.25) is 0 Å². The molecule has 0 spiro atoms. The lowest BCUT2D eigenvalue weighted by molar-refractivity contribution is 0.121. The predicted molar refractivity (Wildman–Crippen MR) is 162 cm³/mol. The summed E-state index contributed by atoms with van der Waals surface area (Å²) < 4.78 is 6.48. The van der Waals surface area contributed by atoms with Gasteiger partial charge in [-0.15, -0.1) is 0 Å². The van der Waals surface area contributed by atoms with Gasteiger partial charge in [0.25, 0.3) is 0 Å². The summed E-state index contributed by atoms with van der Waals surface area (Å²) in [6.07, 6.45) is 15.3. The first kappa shape index (κ1) is 28.1. The van der Waals surface area contributed by atoms with Crippen LogP contribution in [0.1, 0.15) is 103 Å². The summed E-state index contributed by atoms with van der Waals surface area (Å²) in [5.41, 5.74) is 10.6. The van der Waals surface area contributed by atoms with Gasteiger partial charge < -0.3 is 10.5 Å². The van der Waals surface area contributed by atoms with Crippen molar-refractivity contribution in [1.82, 2.24) is 0 Å². The minimum absolute atomic E-state index is 0.705. The van der Waals surface area contributed by atoms with E-state index in [4.69, 9.17) is 10.5 Å². The van der Waals surface area contributed by atoms with Gasteiger partial charge in [-0.1, -0.05) is 75.1 Å². The number of nitrogens with two attached hydrogens (primary N) is 1. The predicted octanol–water partition coefficient (Wildman–Crippen LogP) is 10.3. The summed E-state index contributed by atoms with van der Waals surface area (Å²) in [5.74, 6) is 4.75. The Labute approximate surface area is 230 Å². The molecule has 2 N–H and O–H groups in total. The maximum atomic E-state index is 6.48. The molecule has 2 saturated carbocycles. The number of ether oxygens (including phenoxy) is 1. The van der Waals surface area contributed by atoms with Crippen molar-refractivity contribution in [2.45, 2.75) is 103 Å². The maximum Gasteiger partial charge on any atom is 0.123 e. The molecule has 2 aromatic carbocycles. The Morgan fingerprint density at radius 3 is 2.08 bits per heavy atom. The highest BCUT2D eigenvalue weighted by Gasteiger charge is 2.31. The van der Waals surface area contributed by atoms with Crippen molar-refractivity contribution in [3.05, 3.63) is 59.2 Å². The molecule has 0 amide bonds. The van der Waals surface area contributed by atoms with Gasteiger partial charge in [0.05, 0.1) is 6.61 Å². The highest BCUT2D eigenvalue weighted by atomic mass is 32.2. The molecule has 0 unspecified atom stereocenters.